The lowest BCUT2D eigenvalue weighted by Gasteiger charge is -2.13. The average Bonchev–Trinajstić information content (AvgIpc) is 2.70. The molecule has 0 bridgehead atoms. The van der Waals surface area contributed by atoms with Crippen LogP contribution < -0.4 is 5.73 Å². The van der Waals surface area contributed by atoms with Gasteiger partial charge in [-0.15, -0.1) is 11.3 Å². The Hall–Kier alpha value is -0.860. The maximum Gasteiger partial charge on any atom is 0.400 e. The molecule has 0 saturated heterocycles. The van der Waals surface area contributed by atoms with Crippen LogP contribution in [-0.4, -0.2) is 20.2 Å². The first-order valence-corrected chi connectivity index (χ1v) is 6.42. The molecule has 1 heterocycles. The van der Waals surface area contributed by atoms with E-state index >= 15 is 0 Å². The summed E-state index contributed by atoms with van der Waals surface area (Å²) in [5, 5.41) is -3.26. The van der Waals surface area contributed by atoms with Crippen molar-refractivity contribution in [2.45, 2.75) is 9.46 Å². The van der Waals surface area contributed by atoms with Crippen molar-refractivity contribution in [3.63, 3.8) is 0 Å². The van der Waals surface area contributed by atoms with Crippen molar-refractivity contribution in [2.75, 3.05) is 6.54 Å². The van der Waals surface area contributed by atoms with Gasteiger partial charge in [-0.05, 0) is 17.5 Å². The Kier molecular flexibility index (Phi) is 3.76. The Bertz CT molecular complexity index is 479. The summed E-state index contributed by atoms with van der Waals surface area (Å²) in [6, 6.07) is 2.28. The summed E-state index contributed by atoms with van der Waals surface area (Å²) in [6.45, 7) is -0.499. The third kappa shape index (κ3) is 2.13. The Morgan fingerprint density at radius 2 is 2.19 bits per heavy atom. The maximum absolute atomic E-state index is 13.3. The predicted octanol–water partition coefficient (Wildman–Crippen LogP) is 1.93. The number of sulfone groups is 1. The second kappa shape index (κ2) is 4.56. The third-order valence-corrected chi connectivity index (χ3v) is 4.82. The molecule has 1 aromatic heterocycles. The molecular weight excluding hydrogens is 263 g/mol. The van der Waals surface area contributed by atoms with Gasteiger partial charge < -0.3 is 5.73 Å². The van der Waals surface area contributed by atoms with Gasteiger partial charge in [-0.25, -0.2) is 12.8 Å². The van der Waals surface area contributed by atoms with E-state index in [0.717, 1.165) is 6.07 Å². The predicted molar refractivity (Wildman–Crippen MR) is 54.7 cm³/mol. The molecule has 0 aliphatic heterocycles. The third-order valence-electron chi connectivity index (χ3n) is 1.67. The summed E-state index contributed by atoms with van der Waals surface area (Å²) in [5.74, 6) is -2.05. The number of thiophene rings is 1. The molecule has 16 heavy (non-hydrogen) atoms. The van der Waals surface area contributed by atoms with Crippen LogP contribution in [0, 0.1) is 0 Å². The molecule has 0 fully saturated rings. The van der Waals surface area contributed by atoms with Gasteiger partial charge in [0.25, 0.3) is 9.84 Å². The Morgan fingerprint density at radius 1 is 1.56 bits per heavy atom. The van der Waals surface area contributed by atoms with Crippen molar-refractivity contribution in [3.05, 3.63) is 29.4 Å². The van der Waals surface area contributed by atoms with Crippen LogP contribution in [0.4, 0.5) is 13.2 Å². The van der Waals surface area contributed by atoms with E-state index in [2.05, 4.69) is 0 Å². The van der Waals surface area contributed by atoms with Crippen LogP contribution in [0.15, 0.2) is 33.6 Å². The summed E-state index contributed by atoms with van der Waals surface area (Å²) in [7, 11) is -5.03. The van der Waals surface area contributed by atoms with Gasteiger partial charge in [0.1, 0.15) is 4.21 Å². The van der Waals surface area contributed by atoms with E-state index in [0.29, 0.717) is 17.4 Å². The van der Waals surface area contributed by atoms with Crippen LogP contribution in [0.1, 0.15) is 0 Å². The van der Waals surface area contributed by atoms with E-state index in [1.54, 1.807) is 0 Å². The highest BCUT2D eigenvalue weighted by Gasteiger charge is 2.51. The second-order valence-electron chi connectivity index (χ2n) is 2.74. The van der Waals surface area contributed by atoms with Gasteiger partial charge in [0.05, 0.1) is 0 Å². The normalized spacial score (nSPS) is 14.1. The smallest absolute Gasteiger partial charge is 0.327 e. The minimum absolute atomic E-state index is 0.338. The van der Waals surface area contributed by atoms with Gasteiger partial charge in [0, 0.05) is 6.54 Å². The standard InChI is InChI=1S/C8H8F3NO2S2/c9-6(3-4-12)8(10,11)16(13,14)7-2-1-5-15-7/h1-3,5H,4,12H2/b6-3-. The van der Waals surface area contributed by atoms with Gasteiger partial charge in [-0.3, -0.25) is 0 Å². The minimum Gasteiger partial charge on any atom is -0.327 e. The lowest BCUT2D eigenvalue weighted by atomic mass is 10.5. The molecule has 90 valence electrons. The van der Waals surface area contributed by atoms with Crippen LogP contribution in [0.3, 0.4) is 0 Å². The Labute approximate surface area is 94.3 Å². The van der Waals surface area contributed by atoms with Crippen LogP contribution >= 0.6 is 11.3 Å². The second-order valence-corrected chi connectivity index (χ2v) is 5.91. The number of hydrogen-bond donors (Lipinski definition) is 1. The number of alkyl halides is 2. The summed E-state index contributed by atoms with van der Waals surface area (Å²) in [4.78, 5) is 0. The van der Waals surface area contributed by atoms with Crippen molar-refractivity contribution < 1.29 is 21.6 Å². The van der Waals surface area contributed by atoms with Crippen molar-refractivity contribution in [3.8, 4) is 0 Å². The molecule has 0 unspecified atom stereocenters. The molecule has 1 aromatic rings. The SMILES string of the molecule is NC/C=C(\F)C(F)(F)S(=O)(=O)c1cccs1. The first-order valence-electron chi connectivity index (χ1n) is 4.06. The van der Waals surface area contributed by atoms with Gasteiger partial charge in [0.2, 0.25) is 0 Å². The van der Waals surface area contributed by atoms with Crippen LogP contribution in [-0.2, 0) is 9.84 Å². The van der Waals surface area contributed by atoms with E-state index in [9.17, 15) is 21.6 Å². The Balaban J connectivity index is 3.24. The van der Waals surface area contributed by atoms with Crippen molar-refractivity contribution >= 4 is 21.2 Å². The number of halogens is 3. The lowest BCUT2D eigenvalue weighted by molar-refractivity contribution is 0.105. The molecule has 0 aliphatic carbocycles. The van der Waals surface area contributed by atoms with Crippen molar-refractivity contribution in [1.29, 1.82) is 0 Å². The van der Waals surface area contributed by atoms with E-state index in [4.69, 9.17) is 5.73 Å². The first kappa shape index (κ1) is 13.2. The molecule has 1 rings (SSSR count). The number of rotatable bonds is 4. The topological polar surface area (TPSA) is 60.2 Å². The largest absolute Gasteiger partial charge is 0.400 e. The molecule has 0 saturated carbocycles. The molecule has 0 amide bonds. The number of nitrogens with two attached hydrogens (primary N) is 1. The molecule has 0 aliphatic rings. The molecule has 0 atom stereocenters. The summed E-state index contributed by atoms with van der Waals surface area (Å²) < 4.78 is 61.6. The average molecular weight is 271 g/mol. The molecule has 3 nitrogen and oxygen atoms in total. The Morgan fingerprint density at radius 3 is 2.62 bits per heavy atom. The highest BCUT2D eigenvalue weighted by atomic mass is 32.2. The molecule has 0 spiro atoms. The van der Waals surface area contributed by atoms with E-state index < -0.39 is 31.7 Å². The van der Waals surface area contributed by atoms with E-state index in [1.807, 2.05) is 0 Å². The minimum atomic E-state index is -5.03. The monoisotopic (exact) mass is 271 g/mol. The molecular formula is C8H8F3NO2S2. The molecule has 2 N–H and O–H groups in total. The van der Waals surface area contributed by atoms with Gasteiger partial charge in [0.15, 0.2) is 5.83 Å². The highest BCUT2D eigenvalue weighted by molar-refractivity contribution is 7.94. The van der Waals surface area contributed by atoms with Crippen molar-refractivity contribution in [1.82, 2.24) is 0 Å². The first-order chi connectivity index (χ1) is 7.34. The zero-order valence-electron chi connectivity index (χ0n) is 7.86. The van der Waals surface area contributed by atoms with E-state index in [-0.39, 0.29) is 0 Å². The fraction of sp³-hybridized carbons (Fsp3) is 0.250. The van der Waals surface area contributed by atoms with Gasteiger partial charge >= 0.3 is 5.25 Å². The fourth-order valence-electron chi connectivity index (χ4n) is 0.893. The number of hydrogen-bond acceptors (Lipinski definition) is 4. The summed E-state index contributed by atoms with van der Waals surface area (Å²) >= 11 is 0.599. The lowest BCUT2D eigenvalue weighted by Crippen LogP contribution is -2.29. The van der Waals surface area contributed by atoms with Gasteiger partial charge in [-0.1, -0.05) is 6.07 Å². The quantitative estimate of drug-likeness (QED) is 0.910. The molecule has 0 radical (unpaired) electrons. The summed E-state index contributed by atoms with van der Waals surface area (Å²) in [5.41, 5.74) is 4.85. The fourth-order valence-corrected chi connectivity index (χ4v) is 3.18. The zero-order valence-corrected chi connectivity index (χ0v) is 9.49. The molecule has 8 heteroatoms. The zero-order chi connectivity index (χ0) is 12.4. The maximum atomic E-state index is 13.3. The van der Waals surface area contributed by atoms with Crippen LogP contribution in [0.25, 0.3) is 0 Å². The molecule has 0 aromatic carbocycles. The van der Waals surface area contributed by atoms with Crippen LogP contribution in [0.5, 0.6) is 0 Å². The van der Waals surface area contributed by atoms with Crippen molar-refractivity contribution in [2.24, 2.45) is 5.73 Å². The highest BCUT2D eigenvalue weighted by Crippen LogP contribution is 2.37. The van der Waals surface area contributed by atoms with E-state index in [1.165, 1.54) is 11.4 Å². The van der Waals surface area contributed by atoms with Gasteiger partial charge in [-0.2, -0.15) is 8.78 Å². The van der Waals surface area contributed by atoms with Crippen LogP contribution in [0.2, 0.25) is 0 Å². The summed E-state index contributed by atoms with van der Waals surface area (Å²) in [6.07, 6.45) is 0.338.